The van der Waals surface area contributed by atoms with Crippen LogP contribution in [0.1, 0.15) is 21.5 Å². The largest absolute Gasteiger partial charge is 0.457 e. The molecule has 0 bridgehead atoms. The molecule has 1 N–H and O–H groups in total. The van der Waals surface area contributed by atoms with Crippen LogP contribution in [0.5, 0.6) is 0 Å². The fraction of sp³-hybridized carbons (Fsp3) is 0.167. The summed E-state index contributed by atoms with van der Waals surface area (Å²) >= 11 is 0. The molecule has 0 unspecified atom stereocenters. The zero-order valence-electron chi connectivity index (χ0n) is 13.8. The van der Waals surface area contributed by atoms with Crippen LogP contribution in [0.15, 0.2) is 53.4 Å². The summed E-state index contributed by atoms with van der Waals surface area (Å²) in [4.78, 5) is 11.9. The number of rotatable bonds is 6. The van der Waals surface area contributed by atoms with Crippen LogP contribution in [-0.2, 0) is 27.5 Å². The zero-order chi connectivity index (χ0) is 20.1. The number of esters is 1. The Morgan fingerprint density at radius 3 is 2.52 bits per heavy atom. The highest BCUT2D eigenvalue weighted by Crippen LogP contribution is 2.29. The lowest BCUT2D eigenvalue weighted by molar-refractivity contribution is -0.137. The first-order valence-corrected chi connectivity index (χ1v) is 8.98. The number of terminal acetylenes is 1. The van der Waals surface area contributed by atoms with Crippen LogP contribution in [-0.4, -0.2) is 20.9 Å². The molecule has 142 valence electrons. The molecule has 0 spiro atoms. The van der Waals surface area contributed by atoms with Crippen LogP contribution in [0.4, 0.5) is 13.2 Å². The first-order valence-electron chi connectivity index (χ1n) is 7.50. The summed E-state index contributed by atoms with van der Waals surface area (Å²) in [6.45, 7) is -0.609. The minimum absolute atomic E-state index is 0.0643. The molecule has 0 saturated heterocycles. The van der Waals surface area contributed by atoms with Gasteiger partial charge in [-0.3, -0.25) is 0 Å². The van der Waals surface area contributed by atoms with Gasteiger partial charge in [-0.2, -0.15) is 17.9 Å². The highest BCUT2D eigenvalue weighted by Gasteiger charge is 2.30. The van der Waals surface area contributed by atoms with Gasteiger partial charge in [-0.25, -0.2) is 13.2 Å². The topological polar surface area (TPSA) is 72.5 Å². The Hall–Kier alpha value is -2.83. The number of sulfonamides is 1. The van der Waals surface area contributed by atoms with Crippen molar-refractivity contribution in [2.45, 2.75) is 17.7 Å². The molecule has 9 heteroatoms. The first-order chi connectivity index (χ1) is 12.6. The van der Waals surface area contributed by atoms with E-state index in [1.54, 1.807) is 0 Å². The van der Waals surface area contributed by atoms with Gasteiger partial charge in [0, 0.05) is 0 Å². The van der Waals surface area contributed by atoms with E-state index in [4.69, 9.17) is 11.2 Å². The summed E-state index contributed by atoms with van der Waals surface area (Å²) in [5.41, 5.74) is -0.771. The van der Waals surface area contributed by atoms with Crippen molar-refractivity contribution in [3.05, 3.63) is 65.2 Å². The highest BCUT2D eigenvalue weighted by atomic mass is 32.2. The molecule has 0 fully saturated rings. The van der Waals surface area contributed by atoms with Crippen LogP contribution in [0.2, 0.25) is 0 Å². The Morgan fingerprint density at radius 1 is 1.15 bits per heavy atom. The van der Waals surface area contributed by atoms with E-state index in [0.717, 1.165) is 18.2 Å². The molecule has 0 saturated carbocycles. The van der Waals surface area contributed by atoms with Crippen molar-refractivity contribution < 1.29 is 31.1 Å². The Morgan fingerprint density at radius 2 is 1.85 bits per heavy atom. The molecule has 0 aromatic heterocycles. The van der Waals surface area contributed by atoms with Crippen LogP contribution in [0.25, 0.3) is 0 Å². The summed E-state index contributed by atoms with van der Waals surface area (Å²) in [7, 11) is -3.89. The minimum Gasteiger partial charge on any atom is -0.457 e. The van der Waals surface area contributed by atoms with Gasteiger partial charge in [-0.15, -0.1) is 6.42 Å². The van der Waals surface area contributed by atoms with Gasteiger partial charge in [0.15, 0.2) is 0 Å². The average Bonchev–Trinajstić information content (AvgIpc) is 2.64. The predicted molar refractivity (Wildman–Crippen MR) is 91.0 cm³/mol. The third-order valence-electron chi connectivity index (χ3n) is 3.37. The molecular formula is C18H14F3NO4S. The van der Waals surface area contributed by atoms with Crippen molar-refractivity contribution in [2.75, 3.05) is 6.54 Å². The van der Waals surface area contributed by atoms with Gasteiger partial charge >= 0.3 is 12.1 Å². The fourth-order valence-corrected chi connectivity index (χ4v) is 3.06. The second-order valence-corrected chi connectivity index (χ2v) is 7.10. The SMILES string of the molecule is C#CCNS(=O)(=O)c1cccc(C(=O)OCc2cccc(C(F)(F)F)c2)c1. The molecule has 5 nitrogen and oxygen atoms in total. The van der Waals surface area contributed by atoms with Crippen LogP contribution >= 0.6 is 0 Å². The van der Waals surface area contributed by atoms with E-state index in [9.17, 15) is 26.4 Å². The number of ether oxygens (including phenoxy) is 1. The smallest absolute Gasteiger partial charge is 0.416 e. The Balaban J connectivity index is 2.11. The standard InChI is InChI=1S/C18H14F3NO4S/c1-2-9-22-27(24,25)16-8-4-6-14(11-16)17(23)26-12-13-5-3-7-15(10-13)18(19,20)21/h1,3-8,10-11,22H,9,12H2. The molecule has 0 radical (unpaired) electrons. The first kappa shape index (κ1) is 20.5. The second kappa shape index (κ2) is 8.24. The molecule has 2 rings (SSSR count). The molecule has 0 aliphatic carbocycles. The van der Waals surface area contributed by atoms with E-state index in [2.05, 4.69) is 10.6 Å². The maximum atomic E-state index is 12.7. The number of nitrogens with one attached hydrogen (secondary N) is 1. The van der Waals surface area contributed by atoms with Gasteiger partial charge in [0.2, 0.25) is 10.0 Å². The van der Waals surface area contributed by atoms with Crippen molar-refractivity contribution in [1.82, 2.24) is 4.72 Å². The molecule has 0 aliphatic rings. The second-order valence-electron chi connectivity index (χ2n) is 5.33. The van der Waals surface area contributed by atoms with Gasteiger partial charge in [0.25, 0.3) is 0 Å². The Labute approximate surface area is 154 Å². The summed E-state index contributed by atoms with van der Waals surface area (Å²) in [6.07, 6.45) is 0.497. The Bertz CT molecular complexity index is 979. The van der Waals surface area contributed by atoms with Crippen LogP contribution < -0.4 is 4.72 Å². The third kappa shape index (κ3) is 5.57. The molecular weight excluding hydrogens is 383 g/mol. The van der Waals surface area contributed by atoms with Crippen LogP contribution in [0, 0.1) is 12.3 Å². The Kier molecular flexibility index (Phi) is 6.25. The van der Waals surface area contributed by atoms with E-state index in [1.165, 1.54) is 30.3 Å². The average molecular weight is 397 g/mol. The zero-order valence-corrected chi connectivity index (χ0v) is 14.6. The maximum absolute atomic E-state index is 12.7. The van der Waals surface area contributed by atoms with Crippen molar-refractivity contribution in [3.63, 3.8) is 0 Å². The van der Waals surface area contributed by atoms with Gasteiger partial charge < -0.3 is 4.74 Å². The lowest BCUT2D eigenvalue weighted by atomic mass is 10.1. The van der Waals surface area contributed by atoms with Crippen LogP contribution in [0.3, 0.4) is 0 Å². The van der Waals surface area contributed by atoms with E-state index in [0.29, 0.717) is 0 Å². The number of benzene rings is 2. The lowest BCUT2D eigenvalue weighted by Crippen LogP contribution is -2.24. The summed E-state index contributed by atoms with van der Waals surface area (Å²) in [5.74, 6) is 1.25. The van der Waals surface area contributed by atoms with Crippen molar-refractivity contribution >= 4 is 16.0 Å². The quantitative estimate of drug-likeness (QED) is 0.601. The van der Waals surface area contributed by atoms with E-state index in [-0.39, 0.29) is 22.6 Å². The molecule has 2 aromatic rings. The lowest BCUT2D eigenvalue weighted by Gasteiger charge is -2.10. The molecule has 0 heterocycles. The van der Waals surface area contributed by atoms with Gasteiger partial charge in [0.05, 0.1) is 22.6 Å². The van der Waals surface area contributed by atoms with Crippen molar-refractivity contribution in [2.24, 2.45) is 0 Å². The number of halogens is 3. The number of carbonyl (C=O) groups is 1. The molecule has 0 atom stereocenters. The van der Waals surface area contributed by atoms with E-state index >= 15 is 0 Å². The number of hydrogen-bond donors (Lipinski definition) is 1. The highest BCUT2D eigenvalue weighted by molar-refractivity contribution is 7.89. The molecule has 0 aliphatic heterocycles. The summed E-state index contributed by atoms with van der Waals surface area (Å²) < 4.78 is 69.2. The van der Waals surface area contributed by atoms with E-state index < -0.39 is 34.3 Å². The van der Waals surface area contributed by atoms with Gasteiger partial charge in [-0.1, -0.05) is 24.1 Å². The number of carbonyl (C=O) groups excluding carboxylic acids is 1. The summed E-state index contributed by atoms with van der Waals surface area (Å²) in [5, 5.41) is 0. The monoisotopic (exact) mass is 397 g/mol. The molecule has 2 aromatic carbocycles. The molecule has 27 heavy (non-hydrogen) atoms. The predicted octanol–water partition coefficient (Wildman–Crippen LogP) is 2.97. The van der Waals surface area contributed by atoms with Crippen molar-refractivity contribution in [1.29, 1.82) is 0 Å². The van der Waals surface area contributed by atoms with E-state index in [1.807, 2.05) is 0 Å². The van der Waals surface area contributed by atoms with Gasteiger partial charge in [0.1, 0.15) is 6.61 Å². The fourth-order valence-electron chi connectivity index (χ4n) is 2.08. The number of alkyl halides is 3. The maximum Gasteiger partial charge on any atom is 0.416 e. The normalized spacial score (nSPS) is 11.6. The number of hydrogen-bond acceptors (Lipinski definition) is 4. The minimum atomic E-state index is -4.51. The molecule has 0 amide bonds. The summed E-state index contributed by atoms with van der Waals surface area (Å²) in [6, 6.07) is 9.39. The third-order valence-corrected chi connectivity index (χ3v) is 4.77. The van der Waals surface area contributed by atoms with Gasteiger partial charge in [-0.05, 0) is 35.9 Å². The van der Waals surface area contributed by atoms with Crippen molar-refractivity contribution in [3.8, 4) is 12.3 Å².